The number of carbonyl (C=O) groups is 1. The van der Waals surface area contributed by atoms with E-state index in [2.05, 4.69) is 15.4 Å². The number of hydrogen-bond donors (Lipinski definition) is 1. The van der Waals surface area contributed by atoms with Crippen LogP contribution in [0, 0.1) is 0 Å². The number of nitrogens with zero attached hydrogens (tertiary/aromatic N) is 2. The molecule has 7 heteroatoms. The maximum absolute atomic E-state index is 12.8. The summed E-state index contributed by atoms with van der Waals surface area (Å²) < 4.78 is 5.50. The molecule has 0 bridgehead atoms. The van der Waals surface area contributed by atoms with Gasteiger partial charge in [0, 0.05) is 30.2 Å². The number of nitrogens with one attached hydrogen (secondary N) is 1. The van der Waals surface area contributed by atoms with Crippen molar-refractivity contribution in [3.8, 4) is 11.3 Å². The Kier molecular flexibility index (Phi) is 5.13. The average molecular weight is 361 g/mol. The Morgan fingerprint density at radius 2 is 2.07 bits per heavy atom. The summed E-state index contributed by atoms with van der Waals surface area (Å²) in [6.45, 7) is 0.655. The van der Waals surface area contributed by atoms with Gasteiger partial charge < -0.3 is 4.74 Å². The molecule has 27 heavy (non-hydrogen) atoms. The van der Waals surface area contributed by atoms with Gasteiger partial charge in [-0.05, 0) is 25.0 Å². The van der Waals surface area contributed by atoms with Crippen molar-refractivity contribution in [2.45, 2.75) is 25.6 Å². The highest BCUT2D eigenvalue weighted by atomic mass is 16.8. The number of fused-ring (bicyclic) bond motifs is 1. The minimum Gasteiger partial charge on any atom is -0.350 e. The Bertz CT molecular complexity index is 956. The molecule has 3 heterocycles. The molecule has 1 unspecified atom stereocenters. The van der Waals surface area contributed by atoms with Gasteiger partial charge in [0.15, 0.2) is 6.29 Å². The molecule has 1 amide bonds. The number of ether oxygens (including phenoxy) is 1. The Balaban J connectivity index is 1.65. The Labute approximate surface area is 158 Å². The topological polar surface area (TPSA) is 73.3 Å². The molecule has 2 aromatic heterocycles. The van der Waals surface area contributed by atoms with Crippen LogP contribution in [0.5, 0.6) is 0 Å². The molecule has 1 aliphatic rings. The predicted molar refractivity (Wildman–Crippen MR) is 105 cm³/mol. The number of rotatable bonds is 4. The van der Waals surface area contributed by atoms with Crippen molar-refractivity contribution < 1.29 is 14.4 Å². The van der Waals surface area contributed by atoms with E-state index >= 15 is 0 Å². The monoisotopic (exact) mass is 361 g/mol. The van der Waals surface area contributed by atoms with Gasteiger partial charge in [-0.1, -0.05) is 29.7 Å². The lowest BCUT2D eigenvalue weighted by atomic mass is 9.94. The van der Waals surface area contributed by atoms with Gasteiger partial charge >= 0.3 is 0 Å². The zero-order valence-corrected chi connectivity index (χ0v) is 15.1. The first-order valence-electron chi connectivity index (χ1n) is 9.10. The molecule has 1 fully saturated rings. The van der Waals surface area contributed by atoms with Crippen molar-refractivity contribution in [3.63, 3.8) is 0 Å². The third kappa shape index (κ3) is 3.99. The fourth-order valence-corrected chi connectivity index (χ4v) is 3.12. The summed E-state index contributed by atoms with van der Waals surface area (Å²) in [7, 11) is 2.03. The minimum atomic E-state index is -0.394. The zero-order chi connectivity index (χ0) is 18.6. The van der Waals surface area contributed by atoms with Crippen molar-refractivity contribution in [1.29, 1.82) is 0 Å². The van der Waals surface area contributed by atoms with Crippen molar-refractivity contribution in [2.75, 3.05) is 6.61 Å². The van der Waals surface area contributed by atoms with E-state index in [1.165, 1.54) is 5.46 Å². The molecule has 6 nitrogen and oxygen atoms in total. The van der Waals surface area contributed by atoms with Crippen LogP contribution in [0.15, 0.2) is 48.8 Å². The molecule has 1 aromatic carbocycles. The van der Waals surface area contributed by atoms with Gasteiger partial charge in [-0.25, -0.2) is 15.3 Å². The van der Waals surface area contributed by atoms with Crippen LogP contribution in [0.1, 0.15) is 29.6 Å². The Morgan fingerprint density at radius 1 is 1.22 bits per heavy atom. The van der Waals surface area contributed by atoms with Crippen molar-refractivity contribution in [1.82, 2.24) is 15.4 Å². The second-order valence-corrected chi connectivity index (χ2v) is 6.66. The van der Waals surface area contributed by atoms with Crippen LogP contribution in [0.2, 0.25) is 0 Å². The molecule has 0 radical (unpaired) electrons. The standard InChI is InChI=1S/C20H20BN3O3/c21-14-6-4-13(5-7-14)17-11-16(15-8-9-22-12-18(15)23-17)20(25)24-27-19-3-1-2-10-26-19/h4-9,11-12,19H,1-3,10,21H2,(H,24,25). The maximum Gasteiger partial charge on any atom is 0.275 e. The molecule has 136 valence electrons. The van der Waals surface area contributed by atoms with Gasteiger partial charge in [0.2, 0.25) is 0 Å². The smallest absolute Gasteiger partial charge is 0.275 e. The van der Waals surface area contributed by atoms with E-state index in [0.29, 0.717) is 17.7 Å². The van der Waals surface area contributed by atoms with E-state index in [4.69, 9.17) is 9.57 Å². The van der Waals surface area contributed by atoms with Crippen LogP contribution in [0.25, 0.3) is 22.2 Å². The van der Waals surface area contributed by atoms with E-state index in [0.717, 1.165) is 35.9 Å². The number of amides is 1. The number of benzene rings is 1. The lowest BCUT2D eigenvalue weighted by molar-refractivity contribution is -0.186. The van der Waals surface area contributed by atoms with Gasteiger partial charge in [0.25, 0.3) is 5.91 Å². The van der Waals surface area contributed by atoms with E-state index in [1.807, 2.05) is 32.1 Å². The first-order chi connectivity index (χ1) is 13.2. The van der Waals surface area contributed by atoms with E-state index in [9.17, 15) is 4.79 Å². The molecular weight excluding hydrogens is 341 g/mol. The zero-order valence-electron chi connectivity index (χ0n) is 15.1. The van der Waals surface area contributed by atoms with Gasteiger partial charge in [0.05, 0.1) is 23.0 Å². The first-order valence-corrected chi connectivity index (χ1v) is 9.10. The second kappa shape index (κ2) is 7.86. The summed E-state index contributed by atoms with van der Waals surface area (Å²) in [6.07, 6.45) is 5.74. The highest BCUT2D eigenvalue weighted by Gasteiger charge is 2.18. The SMILES string of the molecule is Bc1ccc(-c2cc(C(=O)NOC3CCCCO3)c3ccncc3n2)cc1. The summed E-state index contributed by atoms with van der Waals surface area (Å²) in [6, 6.07) is 11.6. The third-order valence-corrected chi connectivity index (χ3v) is 4.63. The predicted octanol–water partition coefficient (Wildman–Crippen LogP) is 1.74. The van der Waals surface area contributed by atoms with Crippen LogP contribution in [0.4, 0.5) is 0 Å². The molecular formula is C20H20BN3O3. The highest BCUT2D eigenvalue weighted by molar-refractivity contribution is 6.32. The van der Waals surface area contributed by atoms with Gasteiger partial charge in [-0.3, -0.25) is 9.78 Å². The fourth-order valence-electron chi connectivity index (χ4n) is 3.12. The molecule has 0 spiro atoms. The summed E-state index contributed by atoms with van der Waals surface area (Å²) in [5.74, 6) is -0.323. The second-order valence-electron chi connectivity index (χ2n) is 6.66. The number of aromatic nitrogens is 2. The van der Waals surface area contributed by atoms with Crippen LogP contribution in [0.3, 0.4) is 0 Å². The van der Waals surface area contributed by atoms with Crippen molar-refractivity contribution in [2.24, 2.45) is 0 Å². The average Bonchev–Trinajstić information content (AvgIpc) is 2.72. The van der Waals surface area contributed by atoms with Crippen molar-refractivity contribution >= 4 is 30.1 Å². The quantitative estimate of drug-likeness (QED) is 0.566. The third-order valence-electron chi connectivity index (χ3n) is 4.63. The lowest BCUT2D eigenvalue weighted by Crippen LogP contribution is -2.33. The number of pyridine rings is 2. The number of hydrogen-bond acceptors (Lipinski definition) is 5. The minimum absolute atomic E-state index is 0.323. The summed E-state index contributed by atoms with van der Waals surface area (Å²) in [5.41, 5.74) is 6.52. The molecule has 1 N–H and O–H groups in total. The molecule has 4 rings (SSSR count). The van der Waals surface area contributed by atoms with E-state index < -0.39 is 6.29 Å². The fraction of sp³-hybridized carbons (Fsp3) is 0.250. The van der Waals surface area contributed by atoms with Crippen LogP contribution >= 0.6 is 0 Å². The van der Waals surface area contributed by atoms with E-state index in [-0.39, 0.29) is 5.91 Å². The van der Waals surface area contributed by atoms with Gasteiger partial charge in [-0.2, -0.15) is 0 Å². The number of hydroxylamine groups is 1. The van der Waals surface area contributed by atoms with Crippen molar-refractivity contribution in [3.05, 3.63) is 54.4 Å². The molecule has 3 aromatic rings. The van der Waals surface area contributed by atoms with E-state index in [1.54, 1.807) is 24.5 Å². The highest BCUT2D eigenvalue weighted by Crippen LogP contribution is 2.24. The van der Waals surface area contributed by atoms with Gasteiger partial charge in [-0.15, -0.1) is 0 Å². The molecule has 0 saturated carbocycles. The van der Waals surface area contributed by atoms with Crippen LogP contribution in [-0.4, -0.2) is 36.6 Å². The van der Waals surface area contributed by atoms with Crippen LogP contribution in [-0.2, 0) is 9.57 Å². The number of carbonyl (C=O) groups excluding carboxylic acids is 1. The largest absolute Gasteiger partial charge is 0.350 e. The summed E-state index contributed by atoms with van der Waals surface area (Å²) in [4.78, 5) is 27.0. The Hall–Kier alpha value is -2.77. The normalized spacial score (nSPS) is 17.0. The maximum atomic E-state index is 12.8. The molecule has 0 aliphatic carbocycles. The molecule has 1 atom stereocenters. The lowest BCUT2D eigenvalue weighted by Gasteiger charge is -2.22. The first kappa shape index (κ1) is 17.6. The Morgan fingerprint density at radius 3 is 2.85 bits per heavy atom. The summed E-state index contributed by atoms with van der Waals surface area (Å²) in [5, 5.41) is 0.728. The van der Waals surface area contributed by atoms with Gasteiger partial charge in [0.1, 0.15) is 7.85 Å². The molecule has 1 saturated heterocycles. The molecule has 1 aliphatic heterocycles. The van der Waals surface area contributed by atoms with Crippen LogP contribution < -0.4 is 10.9 Å². The summed E-state index contributed by atoms with van der Waals surface area (Å²) >= 11 is 0.